The van der Waals surface area contributed by atoms with Crippen molar-refractivity contribution in [3.8, 4) is 0 Å². The van der Waals surface area contributed by atoms with E-state index in [4.69, 9.17) is 0 Å². The first kappa shape index (κ1) is 38.6. The Labute approximate surface area is 208 Å². The Morgan fingerprint density at radius 1 is 0.429 bits per heavy atom. The molecule has 0 bridgehead atoms. The van der Waals surface area contributed by atoms with E-state index in [-0.39, 0.29) is 50.3 Å². The summed E-state index contributed by atoms with van der Waals surface area (Å²) in [5.74, 6) is 0. The van der Waals surface area contributed by atoms with Crippen LogP contribution >= 0.6 is 0 Å². The zero-order chi connectivity index (χ0) is 19.6. The van der Waals surface area contributed by atoms with Crippen LogP contribution in [0.3, 0.4) is 0 Å². The van der Waals surface area contributed by atoms with Crippen molar-refractivity contribution in [2.45, 2.75) is 39.3 Å². The summed E-state index contributed by atoms with van der Waals surface area (Å²) in [6, 6.07) is 30.0. The largest absolute Gasteiger partial charge is 0.342 e. The van der Waals surface area contributed by atoms with Gasteiger partial charge in [0.15, 0.2) is 0 Å². The molecule has 0 unspecified atom stereocenters. The summed E-state index contributed by atoms with van der Waals surface area (Å²) in [5.41, 5.74) is 0. The molecule has 0 spiro atoms. The van der Waals surface area contributed by atoms with Crippen molar-refractivity contribution in [3.63, 3.8) is 0 Å². The van der Waals surface area contributed by atoms with Crippen LogP contribution in [0.15, 0.2) is 91.0 Å². The molecule has 0 amide bonds. The maximum atomic E-state index is 3.91. The van der Waals surface area contributed by atoms with Gasteiger partial charge in [-0.2, -0.15) is 54.6 Å². The molecule has 0 saturated heterocycles. The smallest absolute Gasteiger partial charge is 0 e. The van der Waals surface area contributed by atoms with Gasteiger partial charge in [0.2, 0.25) is 0 Å². The first-order chi connectivity index (χ1) is 11.5. The Bertz CT molecular complexity index is 379. The Morgan fingerprint density at radius 2 is 0.536 bits per heavy atom. The molecular weight excluding hydrogens is 509 g/mol. The van der Waals surface area contributed by atoms with Gasteiger partial charge in [0.05, 0.1) is 0 Å². The van der Waals surface area contributed by atoms with Crippen LogP contribution in [0, 0.1) is 13.1 Å². The Hall–Kier alpha value is 0.00325. The van der Waals surface area contributed by atoms with E-state index >= 15 is 0 Å². The Kier molecular flexibility index (Phi) is 34.5. The molecule has 0 aliphatic rings. The van der Waals surface area contributed by atoms with Crippen LogP contribution in [0.4, 0.5) is 0 Å². The van der Waals surface area contributed by atoms with Crippen molar-refractivity contribution in [1.82, 2.24) is 0 Å². The van der Waals surface area contributed by atoms with Crippen LogP contribution in [0.5, 0.6) is 0 Å². The Balaban J connectivity index is -0.0000000767. The molecule has 0 nitrogen and oxygen atoms in total. The van der Waals surface area contributed by atoms with Crippen molar-refractivity contribution >= 4 is 16.1 Å². The molecule has 3 rings (SSSR count). The normalized spacial score (nSPS) is 8.57. The van der Waals surface area contributed by atoms with E-state index in [1.807, 2.05) is 91.0 Å². The topological polar surface area (TPSA) is 0 Å². The van der Waals surface area contributed by atoms with Gasteiger partial charge in [-0.1, -0.05) is 39.3 Å². The molecular formula is C23H37Co3Si2-5. The third-order valence-corrected chi connectivity index (χ3v) is 1.67. The fraction of sp³-hybridized carbons (Fsp3) is 0.261. The van der Waals surface area contributed by atoms with Gasteiger partial charge in [-0.25, -0.2) is 36.4 Å². The quantitative estimate of drug-likeness (QED) is 0.201. The van der Waals surface area contributed by atoms with Gasteiger partial charge in [-0.3, -0.25) is 0 Å². The van der Waals surface area contributed by atoms with E-state index in [1.165, 1.54) is 0 Å². The minimum absolute atomic E-state index is 0. The van der Waals surface area contributed by atoms with Crippen molar-refractivity contribution < 1.29 is 50.3 Å². The van der Waals surface area contributed by atoms with Gasteiger partial charge < -0.3 is 13.1 Å². The van der Waals surface area contributed by atoms with Gasteiger partial charge >= 0.3 is 0 Å². The molecule has 0 heterocycles. The summed E-state index contributed by atoms with van der Waals surface area (Å²) in [6.45, 7) is 21.1. The summed E-state index contributed by atoms with van der Waals surface area (Å²) in [4.78, 5) is 0. The van der Waals surface area contributed by atoms with Crippen LogP contribution in [-0.2, 0) is 50.3 Å². The second-order valence-electron chi connectivity index (χ2n) is 8.01. The predicted octanol–water partition coefficient (Wildman–Crippen LogP) is 7.60. The standard InChI is InChI=1S/3C5H5.2C4H11Si.3Co/c3*1-2-4-5-3-1;2*1-5(2,3)4;;;/h3*1-5H;2*1H2,2-4H3;;;/q5*-1;;;. The third-order valence-electron chi connectivity index (χ3n) is 1.67. The minimum atomic E-state index is -0.861. The number of hydrogen-bond donors (Lipinski definition) is 0. The molecule has 28 heavy (non-hydrogen) atoms. The first-order valence-electron chi connectivity index (χ1n) is 8.71. The summed E-state index contributed by atoms with van der Waals surface area (Å²) in [6.07, 6.45) is 0. The molecule has 0 aromatic heterocycles. The maximum Gasteiger partial charge on any atom is 0 e. The van der Waals surface area contributed by atoms with Crippen molar-refractivity contribution in [2.75, 3.05) is 0 Å². The van der Waals surface area contributed by atoms with Crippen LogP contribution in [0.1, 0.15) is 0 Å². The zero-order valence-corrected chi connectivity index (χ0v) is 23.2. The van der Waals surface area contributed by atoms with Gasteiger partial charge in [-0.15, -0.1) is 16.1 Å². The molecule has 5 heteroatoms. The summed E-state index contributed by atoms with van der Waals surface area (Å²) in [5, 5.41) is 0. The first-order valence-corrected chi connectivity index (χ1v) is 16.1. The molecule has 3 radical (unpaired) electrons. The third kappa shape index (κ3) is 72.2. The van der Waals surface area contributed by atoms with E-state index in [1.54, 1.807) is 0 Å². The maximum absolute atomic E-state index is 3.91. The van der Waals surface area contributed by atoms with E-state index in [9.17, 15) is 0 Å². The molecule has 3 aromatic carbocycles. The average molecular weight is 547 g/mol. The monoisotopic (exact) mass is 546 g/mol. The van der Waals surface area contributed by atoms with Gasteiger partial charge in [0.1, 0.15) is 0 Å². The number of rotatable bonds is 0. The second kappa shape index (κ2) is 25.0. The van der Waals surface area contributed by atoms with Crippen LogP contribution in [0.25, 0.3) is 0 Å². The van der Waals surface area contributed by atoms with E-state index in [0.29, 0.717) is 0 Å². The summed E-state index contributed by atoms with van der Waals surface area (Å²) < 4.78 is 0. The van der Waals surface area contributed by atoms with Gasteiger partial charge in [0.25, 0.3) is 0 Å². The fourth-order valence-corrected chi connectivity index (χ4v) is 0.962. The number of hydrogen-bond acceptors (Lipinski definition) is 0. The summed E-state index contributed by atoms with van der Waals surface area (Å²) >= 11 is 0. The molecule has 0 saturated carbocycles. The van der Waals surface area contributed by atoms with E-state index < -0.39 is 16.1 Å². The molecule has 0 atom stereocenters. The molecule has 0 N–H and O–H groups in total. The van der Waals surface area contributed by atoms with Gasteiger partial charge in [-0.05, 0) is 0 Å². The summed E-state index contributed by atoms with van der Waals surface area (Å²) in [7, 11) is -1.72. The van der Waals surface area contributed by atoms with Gasteiger partial charge in [0, 0.05) is 50.3 Å². The predicted molar refractivity (Wildman–Crippen MR) is 124 cm³/mol. The van der Waals surface area contributed by atoms with Crippen LogP contribution in [-0.4, -0.2) is 16.1 Å². The zero-order valence-electron chi connectivity index (χ0n) is 18.1. The van der Waals surface area contributed by atoms with Crippen molar-refractivity contribution in [2.24, 2.45) is 0 Å². The van der Waals surface area contributed by atoms with Crippen molar-refractivity contribution in [1.29, 1.82) is 0 Å². The van der Waals surface area contributed by atoms with Crippen LogP contribution < -0.4 is 0 Å². The minimum Gasteiger partial charge on any atom is -0.342 e. The molecule has 0 fully saturated rings. The molecule has 169 valence electrons. The van der Waals surface area contributed by atoms with E-state index in [0.717, 1.165) is 0 Å². The molecule has 0 aliphatic heterocycles. The molecule has 0 aliphatic carbocycles. The van der Waals surface area contributed by atoms with Crippen LogP contribution in [0.2, 0.25) is 39.3 Å². The second-order valence-corrected chi connectivity index (χ2v) is 18.3. The molecule has 3 aromatic rings. The SMILES string of the molecule is [CH2-][Si](C)(C)C.[CH2-][Si](C)(C)C.[Co].[Co].[Co].c1cc[cH-]c1.c1cc[cH-]c1.c1cc[cH-]c1. The van der Waals surface area contributed by atoms with E-state index in [2.05, 4.69) is 52.4 Å². The fourth-order valence-electron chi connectivity index (χ4n) is 0.962. The average Bonchev–Trinajstić information content (AvgIpc) is 3.24. The van der Waals surface area contributed by atoms with Crippen molar-refractivity contribution in [3.05, 3.63) is 104 Å². The Morgan fingerprint density at radius 3 is 0.571 bits per heavy atom.